The predicted octanol–water partition coefficient (Wildman–Crippen LogP) is 3.64. The maximum Gasteiger partial charge on any atom is 0.0444 e. The lowest BCUT2D eigenvalue weighted by molar-refractivity contribution is 0.226. The summed E-state index contributed by atoms with van der Waals surface area (Å²) in [6, 6.07) is 0. The maximum absolute atomic E-state index is 8.99. The van der Waals surface area contributed by atoms with Gasteiger partial charge >= 0.3 is 0 Å². The van der Waals surface area contributed by atoms with Crippen molar-refractivity contribution in [2.75, 3.05) is 13.2 Å². The Bertz CT molecular complexity index is 145. The van der Waals surface area contributed by atoms with Crippen LogP contribution in [0, 0.1) is 0 Å². The molecule has 0 aromatic rings. The fourth-order valence-electron chi connectivity index (χ4n) is 2.00. The zero-order valence-corrected chi connectivity index (χ0v) is 12.1. The van der Waals surface area contributed by atoms with E-state index >= 15 is 0 Å². The van der Waals surface area contributed by atoms with Crippen LogP contribution in [-0.2, 0) is 0 Å². The highest BCUT2D eigenvalue weighted by Gasteiger charge is 2.24. The molecule has 0 heterocycles. The van der Waals surface area contributed by atoms with E-state index in [-0.39, 0.29) is 17.5 Å². The largest absolute Gasteiger partial charge is 0.396 e. The molecule has 0 atom stereocenters. The molecule has 0 saturated carbocycles. The molecule has 0 aliphatic heterocycles. The minimum atomic E-state index is -0.0404. The Morgan fingerprint density at radius 2 is 1.31 bits per heavy atom. The molecule has 0 amide bonds. The van der Waals surface area contributed by atoms with Crippen LogP contribution in [0.4, 0.5) is 0 Å². The predicted molar refractivity (Wildman–Crippen MR) is 73.1 cm³/mol. The zero-order chi connectivity index (χ0) is 12.3. The molecule has 3 heteroatoms. The van der Waals surface area contributed by atoms with Crippen LogP contribution < -0.4 is 0 Å². The average molecular weight is 295 g/mol. The van der Waals surface area contributed by atoms with E-state index in [2.05, 4.69) is 22.9 Å². The molecule has 0 unspecified atom stereocenters. The van der Waals surface area contributed by atoms with Crippen LogP contribution in [-0.4, -0.2) is 27.8 Å². The van der Waals surface area contributed by atoms with Crippen LogP contribution >= 0.6 is 15.9 Å². The summed E-state index contributed by atoms with van der Waals surface area (Å²) in [4.78, 5) is 0. The van der Waals surface area contributed by atoms with Gasteiger partial charge in [0, 0.05) is 17.5 Å². The number of hydrogen-bond donors (Lipinski definition) is 2. The normalized spacial score (nSPS) is 12.0. The smallest absolute Gasteiger partial charge is 0.0444 e. The Hall–Kier alpha value is 0.400. The van der Waals surface area contributed by atoms with E-state index in [1.807, 2.05) is 0 Å². The van der Waals surface area contributed by atoms with Crippen molar-refractivity contribution in [1.82, 2.24) is 0 Å². The third-order valence-electron chi connectivity index (χ3n) is 3.10. The Kier molecular flexibility index (Phi) is 10.8. The molecule has 98 valence electrons. The standard InChI is InChI=1S/C13H27BrO2/c1-2-3-4-5-6-7-8-13(14,9-11-15)10-12-16/h15-16H,2-12H2,1H3. The highest BCUT2D eigenvalue weighted by molar-refractivity contribution is 9.10. The van der Waals surface area contributed by atoms with Crippen LogP contribution in [0.5, 0.6) is 0 Å². The molecule has 0 radical (unpaired) electrons. The SMILES string of the molecule is CCCCCCCCC(Br)(CCO)CCO. The Balaban J connectivity index is 3.59. The van der Waals surface area contributed by atoms with Crippen molar-refractivity contribution in [3.63, 3.8) is 0 Å². The van der Waals surface area contributed by atoms with Gasteiger partial charge < -0.3 is 10.2 Å². The fourth-order valence-corrected chi connectivity index (χ4v) is 2.63. The van der Waals surface area contributed by atoms with Gasteiger partial charge in [0.05, 0.1) is 0 Å². The number of halogens is 1. The van der Waals surface area contributed by atoms with E-state index in [0.29, 0.717) is 0 Å². The Labute approximate surface area is 109 Å². The van der Waals surface area contributed by atoms with Crippen LogP contribution in [0.2, 0.25) is 0 Å². The minimum absolute atomic E-state index is 0.0404. The third-order valence-corrected chi connectivity index (χ3v) is 4.29. The van der Waals surface area contributed by atoms with Gasteiger partial charge in [-0.05, 0) is 19.3 Å². The molecular weight excluding hydrogens is 268 g/mol. The van der Waals surface area contributed by atoms with Gasteiger partial charge in [0.2, 0.25) is 0 Å². The molecule has 0 aromatic carbocycles. The number of alkyl halides is 1. The maximum atomic E-state index is 8.99. The summed E-state index contributed by atoms with van der Waals surface area (Å²) in [6.07, 6.45) is 10.3. The fraction of sp³-hybridized carbons (Fsp3) is 1.00. The molecule has 0 fully saturated rings. The molecule has 2 N–H and O–H groups in total. The first-order valence-electron chi connectivity index (χ1n) is 6.59. The molecule has 16 heavy (non-hydrogen) atoms. The summed E-state index contributed by atoms with van der Waals surface area (Å²) in [5, 5.41) is 18.0. The second-order valence-electron chi connectivity index (χ2n) is 4.62. The summed E-state index contributed by atoms with van der Waals surface area (Å²) in [5.41, 5.74) is 0. The second-order valence-corrected chi connectivity index (χ2v) is 6.30. The number of unbranched alkanes of at least 4 members (excludes halogenated alkanes) is 5. The van der Waals surface area contributed by atoms with Gasteiger partial charge in [-0.3, -0.25) is 0 Å². The molecule has 0 aromatic heterocycles. The summed E-state index contributed by atoms with van der Waals surface area (Å²) >= 11 is 3.67. The molecule has 0 bridgehead atoms. The van der Waals surface area contributed by atoms with E-state index < -0.39 is 0 Å². The summed E-state index contributed by atoms with van der Waals surface area (Å²) < 4.78 is -0.0404. The lowest BCUT2D eigenvalue weighted by atomic mass is 9.94. The molecule has 2 nitrogen and oxygen atoms in total. The van der Waals surface area contributed by atoms with Gasteiger partial charge in [-0.2, -0.15) is 0 Å². The zero-order valence-electron chi connectivity index (χ0n) is 10.6. The molecule has 0 rings (SSSR count). The van der Waals surface area contributed by atoms with Crippen molar-refractivity contribution in [1.29, 1.82) is 0 Å². The van der Waals surface area contributed by atoms with Gasteiger partial charge in [-0.15, -0.1) is 0 Å². The highest BCUT2D eigenvalue weighted by Crippen LogP contribution is 2.32. The first kappa shape index (κ1) is 16.4. The number of aliphatic hydroxyl groups is 2. The van der Waals surface area contributed by atoms with E-state index in [4.69, 9.17) is 10.2 Å². The van der Waals surface area contributed by atoms with Crippen LogP contribution in [0.1, 0.15) is 64.7 Å². The van der Waals surface area contributed by atoms with Crippen molar-refractivity contribution < 1.29 is 10.2 Å². The van der Waals surface area contributed by atoms with Gasteiger partial charge in [-0.25, -0.2) is 0 Å². The molecular formula is C13H27BrO2. The molecule has 0 saturated heterocycles. The average Bonchev–Trinajstić information content (AvgIpc) is 2.24. The quantitative estimate of drug-likeness (QED) is 0.451. The number of aliphatic hydroxyl groups excluding tert-OH is 2. The van der Waals surface area contributed by atoms with Gasteiger partial charge in [-0.1, -0.05) is 61.4 Å². The number of hydrogen-bond acceptors (Lipinski definition) is 2. The van der Waals surface area contributed by atoms with Crippen molar-refractivity contribution >= 4 is 15.9 Å². The van der Waals surface area contributed by atoms with Crippen molar-refractivity contribution in [3.05, 3.63) is 0 Å². The first-order valence-corrected chi connectivity index (χ1v) is 7.38. The van der Waals surface area contributed by atoms with Crippen LogP contribution in [0.3, 0.4) is 0 Å². The second kappa shape index (κ2) is 10.5. The van der Waals surface area contributed by atoms with Crippen LogP contribution in [0.25, 0.3) is 0 Å². The lowest BCUT2D eigenvalue weighted by Gasteiger charge is -2.26. The van der Waals surface area contributed by atoms with Crippen molar-refractivity contribution in [3.8, 4) is 0 Å². The Morgan fingerprint density at radius 3 is 1.81 bits per heavy atom. The van der Waals surface area contributed by atoms with E-state index in [1.165, 1.54) is 38.5 Å². The molecule has 0 spiro atoms. The van der Waals surface area contributed by atoms with E-state index in [0.717, 1.165) is 19.3 Å². The summed E-state index contributed by atoms with van der Waals surface area (Å²) in [5.74, 6) is 0. The van der Waals surface area contributed by atoms with Gasteiger partial charge in [0.15, 0.2) is 0 Å². The minimum Gasteiger partial charge on any atom is -0.396 e. The summed E-state index contributed by atoms with van der Waals surface area (Å²) in [7, 11) is 0. The molecule has 0 aliphatic rings. The first-order chi connectivity index (χ1) is 7.68. The van der Waals surface area contributed by atoms with E-state index in [1.54, 1.807) is 0 Å². The van der Waals surface area contributed by atoms with Gasteiger partial charge in [0.25, 0.3) is 0 Å². The van der Waals surface area contributed by atoms with E-state index in [9.17, 15) is 0 Å². The molecule has 0 aliphatic carbocycles. The van der Waals surface area contributed by atoms with Crippen LogP contribution in [0.15, 0.2) is 0 Å². The topological polar surface area (TPSA) is 40.5 Å². The number of rotatable bonds is 11. The summed E-state index contributed by atoms with van der Waals surface area (Å²) in [6.45, 7) is 2.62. The third kappa shape index (κ3) is 8.54. The van der Waals surface area contributed by atoms with Gasteiger partial charge in [0.1, 0.15) is 0 Å². The van der Waals surface area contributed by atoms with Crippen molar-refractivity contribution in [2.45, 2.75) is 69.0 Å². The monoisotopic (exact) mass is 294 g/mol. The lowest BCUT2D eigenvalue weighted by Crippen LogP contribution is -2.23. The Morgan fingerprint density at radius 1 is 0.812 bits per heavy atom. The van der Waals surface area contributed by atoms with Crippen molar-refractivity contribution in [2.24, 2.45) is 0 Å². The highest BCUT2D eigenvalue weighted by atomic mass is 79.9.